The van der Waals surface area contributed by atoms with E-state index in [0.29, 0.717) is 11.8 Å². The lowest BCUT2D eigenvalue weighted by atomic mass is 10.2. The highest BCUT2D eigenvalue weighted by Gasteiger charge is 2.18. The maximum atomic E-state index is 13.6. The van der Waals surface area contributed by atoms with Gasteiger partial charge in [-0.05, 0) is 24.3 Å². The molecule has 6 nitrogen and oxygen atoms in total. The van der Waals surface area contributed by atoms with Crippen molar-refractivity contribution in [3.05, 3.63) is 53.3 Å². The number of methoxy groups -OCH3 is 2. The smallest absolute Gasteiger partial charge is 0.341 e. The monoisotopic (exact) mass is 369 g/mol. The number of benzene rings is 2. The van der Waals surface area contributed by atoms with Crippen LogP contribution in [0.2, 0.25) is 0 Å². The molecule has 2 aromatic rings. The summed E-state index contributed by atoms with van der Waals surface area (Å²) in [4.78, 5) is 23.6. The van der Waals surface area contributed by atoms with Gasteiger partial charge in [-0.3, -0.25) is 4.79 Å². The summed E-state index contributed by atoms with van der Waals surface area (Å²) >= 11 is 0. The van der Waals surface area contributed by atoms with Crippen molar-refractivity contribution in [1.82, 2.24) is 0 Å². The number of carbonyl (C=O) groups excluding carboxylic acids is 2. The standard InChI is InChI=1S/C17H14F3NO5/c1-24-9-3-4-10(17(23)25-2)13(7-9)26-8-14(22)21-12-6-5-11(18)15(19)16(12)20/h3-7H,8H2,1-2H3,(H,21,22). The van der Waals surface area contributed by atoms with Crippen LogP contribution in [-0.4, -0.2) is 32.7 Å². The second kappa shape index (κ2) is 8.24. The molecule has 0 atom stereocenters. The van der Waals surface area contributed by atoms with Gasteiger partial charge in [-0.1, -0.05) is 0 Å². The number of halogens is 3. The van der Waals surface area contributed by atoms with Gasteiger partial charge >= 0.3 is 5.97 Å². The fraction of sp³-hybridized carbons (Fsp3) is 0.176. The van der Waals surface area contributed by atoms with E-state index < -0.39 is 41.6 Å². The molecule has 2 rings (SSSR count). The molecule has 0 aliphatic carbocycles. The van der Waals surface area contributed by atoms with E-state index in [9.17, 15) is 22.8 Å². The molecule has 1 amide bonds. The Labute approximate surface area is 146 Å². The van der Waals surface area contributed by atoms with Gasteiger partial charge in [0.25, 0.3) is 5.91 Å². The van der Waals surface area contributed by atoms with Crippen LogP contribution in [-0.2, 0) is 9.53 Å². The molecule has 0 bridgehead atoms. The molecule has 0 radical (unpaired) electrons. The summed E-state index contributed by atoms with van der Waals surface area (Å²) in [6.45, 7) is -0.629. The Morgan fingerprint density at radius 2 is 1.77 bits per heavy atom. The summed E-state index contributed by atoms with van der Waals surface area (Å²) in [7, 11) is 2.57. The van der Waals surface area contributed by atoms with E-state index in [2.05, 4.69) is 4.74 Å². The molecule has 0 fully saturated rings. The summed E-state index contributed by atoms with van der Waals surface area (Å²) in [5.74, 6) is -5.81. The Morgan fingerprint density at radius 3 is 2.42 bits per heavy atom. The van der Waals surface area contributed by atoms with E-state index in [4.69, 9.17) is 9.47 Å². The van der Waals surface area contributed by atoms with Crippen molar-refractivity contribution in [2.45, 2.75) is 0 Å². The first-order chi connectivity index (χ1) is 12.4. The van der Waals surface area contributed by atoms with Gasteiger partial charge in [0.1, 0.15) is 17.1 Å². The van der Waals surface area contributed by atoms with E-state index >= 15 is 0 Å². The predicted octanol–water partition coefficient (Wildman–Crippen LogP) is 2.92. The number of amides is 1. The van der Waals surface area contributed by atoms with Crippen LogP contribution in [0.5, 0.6) is 11.5 Å². The maximum absolute atomic E-state index is 13.6. The van der Waals surface area contributed by atoms with Gasteiger partial charge in [0.15, 0.2) is 24.1 Å². The van der Waals surface area contributed by atoms with Crippen LogP contribution in [0.15, 0.2) is 30.3 Å². The Bertz CT molecular complexity index is 841. The lowest BCUT2D eigenvalue weighted by Crippen LogP contribution is -2.22. The molecular formula is C17H14F3NO5. The maximum Gasteiger partial charge on any atom is 0.341 e. The molecule has 0 aromatic heterocycles. The Balaban J connectivity index is 2.12. The highest BCUT2D eigenvalue weighted by molar-refractivity contribution is 5.94. The number of nitrogens with one attached hydrogen (secondary N) is 1. The van der Waals surface area contributed by atoms with Crippen LogP contribution in [0, 0.1) is 17.5 Å². The van der Waals surface area contributed by atoms with Crippen LogP contribution in [0.3, 0.4) is 0 Å². The van der Waals surface area contributed by atoms with Crippen LogP contribution < -0.4 is 14.8 Å². The van der Waals surface area contributed by atoms with Gasteiger partial charge in [-0.25, -0.2) is 18.0 Å². The molecule has 0 spiro atoms. The van der Waals surface area contributed by atoms with Crippen molar-refractivity contribution < 1.29 is 37.0 Å². The lowest BCUT2D eigenvalue weighted by molar-refractivity contribution is -0.118. The van der Waals surface area contributed by atoms with E-state index in [1.54, 1.807) is 0 Å². The zero-order chi connectivity index (χ0) is 19.3. The predicted molar refractivity (Wildman–Crippen MR) is 84.8 cm³/mol. The van der Waals surface area contributed by atoms with Crippen molar-refractivity contribution in [2.24, 2.45) is 0 Å². The number of esters is 1. The molecule has 0 aliphatic rings. The molecular weight excluding hydrogens is 355 g/mol. The number of hydrogen-bond donors (Lipinski definition) is 1. The third-order valence-corrected chi connectivity index (χ3v) is 3.26. The minimum Gasteiger partial charge on any atom is -0.497 e. The second-order valence-electron chi connectivity index (χ2n) is 4.91. The Morgan fingerprint density at radius 1 is 1.04 bits per heavy atom. The van der Waals surface area contributed by atoms with E-state index in [-0.39, 0.29) is 11.3 Å². The lowest BCUT2D eigenvalue weighted by Gasteiger charge is -2.12. The van der Waals surface area contributed by atoms with Crippen LogP contribution in [0.1, 0.15) is 10.4 Å². The number of anilines is 1. The molecule has 2 aromatic carbocycles. The van der Waals surface area contributed by atoms with Crippen LogP contribution in [0.25, 0.3) is 0 Å². The normalized spacial score (nSPS) is 10.2. The molecule has 26 heavy (non-hydrogen) atoms. The van der Waals surface area contributed by atoms with Crippen molar-refractivity contribution in [2.75, 3.05) is 26.1 Å². The van der Waals surface area contributed by atoms with Crippen molar-refractivity contribution >= 4 is 17.6 Å². The molecule has 0 heterocycles. The molecule has 138 valence electrons. The third kappa shape index (κ3) is 4.24. The fourth-order valence-electron chi connectivity index (χ4n) is 1.98. The van der Waals surface area contributed by atoms with Gasteiger partial charge in [0.05, 0.1) is 19.9 Å². The zero-order valence-corrected chi connectivity index (χ0v) is 13.8. The third-order valence-electron chi connectivity index (χ3n) is 3.26. The molecule has 0 saturated heterocycles. The minimum atomic E-state index is -1.70. The molecule has 0 unspecified atom stereocenters. The van der Waals surface area contributed by atoms with E-state index in [0.717, 1.165) is 6.07 Å². The molecule has 0 aliphatic heterocycles. The minimum absolute atomic E-state index is 0.00268. The average molecular weight is 369 g/mol. The van der Waals surface area contributed by atoms with Crippen molar-refractivity contribution in [3.8, 4) is 11.5 Å². The summed E-state index contributed by atoms with van der Waals surface area (Å²) in [6.07, 6.45) is 0. The highest BCUT2D eigenvalue weighted by atomic mass is 19.2. The van der Waals surface area contributed by atoms with Gasteiger partial charge in [-0.2, -0.15) is 0 Å². The highest BCUT2D eigenvalue weighted by Crippen LogP contribution is 2.26. The SMILES string of the molecule is COC(=O)c1ccc(OC)cc1OCC(=O)Nc1ccc(F)c(F)c1F. The Kier molecular flexibility index (Phi) is 6.05. The zero-order valence-electron chi connectivity index (χ0n) is 13.8. The van der Waals surface area contributed by atoms with Crippen LogP contribution >= 0.6 is 0 Å². The Hall–Kier alpha value is -3.23. The van der Waals surface area contributed by atoms with Gasteiger partial charge in [-0.15, -0.1) is 0 Å². The number of ether oxygens (including phenoxy) is 3. The first-order valence-electron chi connectivity index (χ1n) is 7.20. The second-order valence-corrected chi connectivity index (χ2v) is 4.91. The molecule has 9 heteroatoms. The van der Waals surface area contributed by atoms with Gasteiger partial charge in [0.2, 0.25) is 0 Å². The topological polar surface area (TPSA) is 73.9 Å². The summed E-state index contributed by atoms with van der Waals surface area (Å²) in [5.41, 5.74) is -0.503. The largest absolute Gasteiger partial charge is 0.497 e. The first kappa shape index (κ1) is 19.1. The summed E-state index contributed by atoms with van der Waals surface area (Å²) < 4.78 is 54.5. The van der Waals surface area contributed by atoms with Crippen molar-refractivity contribution in [1.29, 1.82) is 0 Å². The number of carbonyl (C=O) groups is 2. The average Bonchev–Trinajstić information content (AvgIpc) is 2.65. The first-order valence-corrected chi connectivity index (χ1v) is 7.20. The molecule has 1 N–H and O–H groups in total. The summed E-state index contributed by atoms with van der Waals surface area (Å²) in [6, 6.07) is 5.78. The van der Waals surface area contributed by atoms with Crippen molar-refractivity contribution in [3.63, 3.8) is 0 Å². The number of hydrogen-bond acceptors (Lipinski definition) is 5. The van der Waals surface area contributed by atoms with Gasteiger partial charge < -0.3 is 19.5 Å². The summed E-state index contributed by atoms with van der Waals surface area (Å²) in [5, 5.41) is 2.05. The van der Waals surface area contributed by atoms with E-state index in [1.165, 1.54) is 32.4 Å². The molecule has 0 saturated carbocycles. The number of rotatable bonds is 6. The van der Waals surface area contributed by atoms with E-state index in [1.807, 2.05) is 5.32 Å². The fourth-order valence-corrected chi connectivity index (χ4v) is 1.98. The van der Waals surface area contributed by atoms with Crippen LogP contribution in [0.4, 0.5) is 18.9 Å². The quantitative estimate of drug-likeness (QED) is 0.626. The van der Waals surface area contributed by atoms with Gasteiger partial charge in [0, 0.05) is 6.07 Å².